The Morgan fingerprint density at radius 3 is 2.52 bits per heavy atom. The van der Waals surface area contributed by atoms with Gasteiger partial charge >= 0.3 is 5.97 Å². The van der Waals surface area contributed by atoms with Crippen LogP contribution in [0.15, 0.2) is 66.7 Å². The minimum absolute atomic E-state index is 0.160. The smallest absolute Gasteiger partial charge is 0.309 e. The van der Waals surface area contributed by atoms with E-state index in [1.807, 2.05) is 36.4 Å². The van der Waals surface area contributed by atoms with Crippen LogP contribution in [0.5, 0.6) is 5.75 Å². The monoisotopic (exact) mass is 601 g/mol. The third kappa shape index (κ3) is 6.74. The standard InChI is InChI=1S/C36H40ClNO3S/c1-4-5-6-10-19-40-29-21-31-30-20-28(36(39)41-23-25-11-8-7-9-12-25)17-18-33(30)38(34(31)32(37)22-29)35(42)27-15-13-26(14-16-27)24(2)3/h7-9,11-16,21-22,24,28H,4-6,10,17-20,23H2,1-3H3. The molecule has 1 aliphatic rings. The Bertz CT molecular complexity index is 1540. The van der Waals surface area contributed by atoms with Gasteiger partial charge in [-0.25, -0.2) is 0 Å². The first-order valence-electron chi connectivity index (χ1n) is 15.2. The quantitative estimate of drug-likeness (QED) is 0.0975. The number of rotatable bonds is 11. The zero-order chi connectivity index (χ0) is 29.6. The highest BCUT2D eigenvalue weighted by molar-refractivity contribution is 7.80. The number of ether oxygens (including phenoxy) is 2. The van der Waals surface area contributed by atoms with Gasteiger partial charge in [-0.1, -0.05) is 118 Å². The third-order valence-electron chi connectivity index (χ3n) is 8.24. The Morgan fingerprint density at radius 2 is 1.81 bits per heavy atom. The Balaban J connectivity index is 1.48. The van der Waals surface area contributed by atoms with Crippen LogP contribution in [0.3, 0.4) is 0 Å². The lowest BCUT2D eigenvalue weighted by Gasteiger charge is -2.23. The molecular formula is C36H40ClNO3S. The number of carbonyl (C=O) groups excluding carboxylic acids is 1. The summed E-state index contributed by atoms with van der Waals surface area (Å²) in [5, 5.41) is 1.61. The molecule has 5 rings (SSSR count). The first-order chi connectivity index (χ1) is 20.4. The van der Waals surface area contributed by atoms with Gasteiger partial charge < -0.3 is 14.0 Å². The Labute approximate surface area is 260 Å². The van der Waals surface area contributed by atoms with Gasteiger partial charge in [0.2, 0.25) is 0 Å². The van der Waals surface area contributed by atoms with Gasteiger partial charge in [-0.15, -0.1) is 0 Å². The minimum Gasteiger partial charge on any atom is -0.494 e. The van der Waals surface area contributed by atoms with Crippen molar-refractivity contribution in [3.8, 4) is 5.75 Å². The largest absolute Gasteiger partial charge is 0.494 e. The minimum atomic E-state index is -0.225. The fraction of sp³-hybridized carbons (Fsp3) is 0.389. The molecule has 0 spiro atoms. The number of halogens is 1. The number of unbranched alkanes of at least 4 members (excludes halogenated alkanes) is 3. The summed E-state index contributed by atoms with van der Waals surface area (Å²) in [7, 11) is 0. The average molecular weight is 602 g/mol. The molecule has 1 unspecified atom stereocenters. The number of hydrogen-bond acceptors (Lipinski definition) is 4. The van der Waals surface area contributed by atoms with E-state index in [1.165, 1.54) is 18.4 Å². The van der Waals surface area contributed by atoms with E-state index in [-0.39, 0.29) is 18.5 Å². The molecule has 0 N–H and O–H groups in total. The molecule has 0 saturated carbocycles. The molecule has 0 fully saturated rings. The van der Waals surface area contributed by atoms with Crippen LogP contribution in [-0.2, 0) is 29.0 Å². The Kier molecular flexibility index (Phi) is 10.0. The van der Waals surface area contributed by atoms with Crippen LogP contribution in [0, 0.1) is 5.92 Å². The van der Waals surface area contributed by atoms with Crippen LogP contribution in [0.25, 0.3) is 10.9 Å². The van der Waals surface area contributed by atoms with E-state index >= 15 is 0 Å². The number of esters is 1. The van der Waals surface area contributed by atoms with Gasteiger partial charge in [0, 0.05) is 22.7 Å². The van der Waals surface area contributed by atoms with Crippen LogP contribution in [0.2, 0.25) is 5.02 Å². The molecule has 220 valence electrons. The highest BCUT2D eigenvalue weighted by Crippen LogP contribution is 2.40. The first kappa shape index (κ1) is 30.3. The summed E-state index contributed by atoms with van der Waals surface area (Å²) in [5.74, 6) is 0.814. The second-order valence-corrected chi connectivity index (χ2v) is 12.4. The van der Waals surface area contributed by atoms with Crippen LogP contribution in [0.1, 0.15) is 86.7 Å². The maximum absolute atomic E-state index is 13.2. The van der Waals surface area contributed by atoms with E-state index in [0.717, 1.165) is 56.9 Å². The lowest BCUT2D eigenvalue weighted by atomic mass is 9.86. The van der Waals surface area contributed by atoms with E-state index in [1.54, 1.807) is 0 Å². The van der Waals surface area contributed by atoms with Gasteiger partial charge in [-0.3, -0.25) is 4.79 Å². The van der Waals surface area contributed by atoms with Crippen molar-refractivity contribution < 1.29 is 14.3 Å². The van der Waals surface area contributed by atoms with Crippen LogP contribution in [-0.4, -0.2) is 22.1 Å². The van der Waals surface area contributed by atoms with Crippen molar-refractivity contribution in [2.45, 2.75) is 78.2 Å². The highest BCUT2D eigenvalue weighted by Gasteiger charge is 2.32. The molecule has 0 amide bonds. The first-order valence-corrected chi connectivity index (χ1v) is 16.0. The third-order valence-corrected chi connectivity index (χ3v) is 8.94. The summed E-state index contributed by atoms with van der Waals surface area (Å²) in [4.78, 5) is 13.9. The Hall–Kier alpha value is -3.15. The van der Waals surface area contributed by atoms with E-state index in [9.17, 15) is 4.79 Å². The molecule has 0 aliphatic heterocycles. The SMILES string of the molecule is CCCCCCOc1cc(Cl)c2c(c1)c1c(n2C(=S)c2ccc(C(C)C)cc2)CCC(C(=O)OCc2ccccc2)C1. The fourth-order valence-corrected chi connectivity index (χ4v) is 6.45. The topological polar surface area (TPSA) is 40.5 Å². The summed E-state index contributed by atoms with van der Waals surface area (Å²) >= 11 is 13.1. The van der Waals surface area contributed by atoms with Gasteiger partial charge in [-0.2, -0.15) is 0 Å². The molecule has 3 aromatic carbocycles. The number of hydrogen-bond donors (Lipinski definition) is 0. The molecule has 1 aliphatic carbocycles. The lowest BCUT2D eigenvalue weighted by molar-refractivity contribution is -0.150. The van der Waals surface area contributed by atoms with Crippen molar-refractivity contribution in [3.05, 3.63) is 99.7 Å². The average Bonchev–Trinajstić information content (AvgIpc) is 3.34. The van der Waals surface area contributed by atoms with Crippen LogP contribution >= 0.6 is 23.8 Å². The fourth-order valence-electron chi connectivity index (χ4n) is 5.82. The summed E-state index contributed by atoms with van der Waals surface area (Å²) in [6.07, 6.45) is 6.54. The number of benzene rings is 3. The maximum atomic E-state index is 13.2. The normalized spacial score (nSPS) is 14.6. The summed E-state index contributed by atoms with van der Waals surface area (Å²) in [5.41, 5.74) is 6.35. The van der Waals surface area contributed by atoms with Crippen LogP contribution in [0.4, 0.5) is 0 Å². The summed E-state index contributed by atoms with van der Waals surface area (Å²) in [6, 6.07) is 22.3. The molecule has 0 saturated heterocycles. The molecule has 6 heteroatoms. The van der Waals surface area contributed by atoms with Crippen molar-refractivity contribution in [1.29, 1.82) is 0 Å². The molecule has 4 aromatic rings. The number of carbonyl (C=O) groups is 1. The van der Waals surface area contributed by atoms with Crippen LogP contribution < -0.4 is 4.74 Å². The number of fused-ring (bicyclic) bond motifs is 3. The van der Waals surface area contributed by atoms with E-state index in [4.69, 9.17) is 33.3 Å². The highest BCUT2D eigenvalue weighted by atomic mass is 35.5. The zero-order valence-corrected chi connectivity index (χ0v) is 26.4. The second-order valence-electron chi connectivity index (χ2n) is 11.6. The van der Waals surface area contributed by atoms with Gasteiger partial charge in [0.15, 0.2) is 0 Å². The van der Waals surface area contributed by atoms with Gasteiger partial charge in [0.1, 0.15) is 17.3 Å². The lowest BCUT2D eigenvalue weighted by Crippen LogP contribution is -2.26. The van der Waals surface area contributed by atoms with E-state index < -0.39 is 0 Å². The zero-order valence-electron chi connectivity index (χ0n) is 24.8. The molecule has 1 aromatic heterocycles. The van der Waals surface area contributed by atoms with Gasteiger partial charge in [0.05, 0.1) is 23.1 Å². The molecule has 1 heterocycles. The molecular weight excluding hydrogens is 562 g/mol. The summed E-state index contributed by atoms with van der Waals surface area (Å²) in [6.45, 7) is 7.51. The second kappa shape index (κ2) is 13.9. The summed E-state index contributed by atoms with van der Waals surface area (Å²) < 4.78 is 14.1. The van der Waals surface area contributed by atoms with Crippen molar-refractivity contribution in [1.82, 2.24) is 4.57 Å². The predicted molar refractivity (Wildman–Crippen MR) is 176 cm³/mol. The predicted octanol–water partition coefficient (Wildman–Crippen LogP) is 9.45. The molecule has 42 heavy (non-hydrogen) atoms. The Morgan fingerprint density at radius 1 is 1.05 bits per heavy atom. The van der Waals surface area contributed by atoms with Crippen molar-refractivity contribution in [2.24, 2.45) is 5.92 Å². The number of aromatic nitrogens is 1. The van der Waals surface area contributed by atoms with Crippen molar-refractivity contribution in [2.75, 3.05) is 6.61 Å². The molecule has 0 bridgehead atoms. The molecule has 1 atom stereocenters. The van der Waals surface area contributed by atoms with Gasteiger partial charge in [-0.05, 0) is 54.4 Å². The van der Waals surface area contributed by atoms with Gasteiger partial charge in [0.25, 0.3) is 0 Å². The van der Waals surface area contributed by atoms with Crippen molar-refractivity contribution in [3.63, 3.8) is 0 Å². The van der Waals surface area contributed by atoms with Crippen molar-refractivity contribution >= 4 is 45.7 Å². The number of nitrogens with zero attached hydrogens (tertiary/aromatic N) is 1. The number of thiocarbonyl (C=S) groups is 1. The van der Waals surface area contributed by atoms with E-state index in [0.29, 0.717) is 36.8 Å². The van der Waals surface area contributed by atoms with E-state index in [2.05, 4.69) is 55.7 Å². The maximum Gasteiger partial charge on any atom is 0.309 e. The molecule has 0 radical (unpaired) electrons. The molecule has 4 nitrogen and oxygen atoms in total.